The van der Waals surface area contributed by atoms with Crippen LogP contribution in [0.2, 0.25) is 0 Å². The zero-order chi connectivity index (χ0) is 10.3. The second-order valence-electron chi connectivity index (χ2n) is 4.07. The summed E-state index contributed by atoms with van der Waals surface area (Å²) in [5.41, 5.74) is 2.68. The van der Waals surface area contributed by atoms with Crippen molar-refractivity contribution in [3.63, 3.8) is 0 Å². The minimum atomic E-state index is 0.530. The van der Waals surface area contributed by atoms with Crippen molar-refractivity contribution in [1.29, 1.82) is 0 Å². The molecule has 0 aliphatic heterocycles. The third-order valence-corrected chi connectivity index (χ3v) is 2.93. The van der Waals surface area contributed by atoms with Crippen molar-refractivity contribution in [1.82, 2.24) is 4.57 Å². The molecule has 14 heavy (non-hydrogen) atoms. The van der Waals surface area contributed by atoms with E-state index in [9.17, 15) is 0 Å². The van der Waals surface area contributed by atoms with Gasteiger partial charge in [0.15, 0.2) is 0 Å². The lowest BCUT2D eigenvalue weighted by atomic mass is 10.2. The van der Waals surface area contributed by atoms with E-state index >= 15 is 0 Å². The Hall–Kier alpha value is -0.810. The third kappa shape index (κ3) is 1.46. The van der Waals surface area contributed by atoms with Gasteiger partial charge < -0.3 is 4.57 Å². The molecule has 74 valence electrons. The molecule has 1 aromatic carbocycles. The van der Waals surface area contributed by atoms with Crippen LogP contribution < -0.4 is 5.30 Å². The standard InChI is InChI=1S/C12H16NP/c1-8(2)13-9(3)6-10-7-11(14)4-5-12(10)13/h4-8H,14H2,1-3H3. The average molecular weight is 205 g/mol. The fourth-order valence-electron chi connectivity index (χ4n) is 2.08. The van der Waals surface area contributed by atoms with Crippen LogP contribution in [0, 0.1) is 6.92 Å². The molecule has 1 atom stereocenters. The van der Waals surface area contributed by atoms with Gasteiger partial charge in [-0.25, -0.2) is 0 Å². The molecule has 1 unspecified atom stereocenters. The summed E-state index contributed by atoms with van der Waals surface area (Å²) in [5.74, 6) is 0. The van der Waals surface area contributed by atoms with E-state index in [1.807, 2.05) is 0 Å². The van der Waals surface area contributed by atoms with Crippen LogP contribution in [-0.4, -0.2) is 4.57 Å². The van der Waals surface area contributed by atoms with Gasteiger partial charge in [0, 0.05) is 22.6 Å². The summed E-state index contributed by atoms with van der Waals surface area (Å²) >= 11 is 0. The number of hydrogen-bond acceptors (Lipinski definition) is 0. The fourth-order valence-corrected chi connectivity index (χ4v) is 2.35. The van der Waals surface area contributed by atoms with Gasteiger partial charge in [-0.15, -0.1) is 9.24 Å². The van der Waals surface area contributed by atoms with Gasteiger partial charge in [-0.05, 0) is 44.3 Å². The van der Waals surface area contributed by atoms with Gasteiger partial charge in [0.25, 0.3) is 0 Å². The molecule has 0 N–H and O–H groups in total. The highest BCUT2D eigenvalue weighted by Gasteiger charge is 2.07. The Kier molecular flexibility index (Phi) is 2.36. The van der Waals surface area contributed by atoms with E-state index in [2.05, 4.69) is 58.8 Å². The van der Waals surface area contributed by atoms with E-state index in [-0.39, 0.29) is 0 Å². The van der Waals surface area contributed by atoms with Gasteiger partial charge in [-0.2, -0.15) is 0 Å². The Morgan fingerprint density at radius 2 is 1.93 bits per heavy atom. The number of aromatic nitrogens is 1. The summed E-state index contributed by atoms with van der Waals surface area (Å²) in [4.78, 5) is 0. The molecule has 1 aromatic heterocycles. The molecular weight excluding hydrogens is 189 g/mol. The molecular formula is C12H16NP. The largest absolute Gasteiger partial charge is 0.342 e. The van der Waals surface area contributed by atoms with E-state index < -0.39 is 0 Å². The van der Waals surface area contributed by atoms with E-state index in [1.165, 1.54) is 21.9 Å². The van der Waals surface area contributed by atoms with Crippen molar-refractivity contribution in [3.8, 4) is 0 Å². The number of benzene rings is 1. The normalized spacial score (nSPS) is 11.5. The molecule has 0 amide bonds. The number of fused-ring (bicyclic) bond motifs is 1. The maximum atomic E-state index is 2.74. The monoisotopic (exact) mass is 205 g/mol. The zero-order valence-electron chi connectivity index (χ0n) is 8.91. The molecule has 0 fully saturated rings. The van der Waals surface area contributed by atoms with Gasteiger partial charge in [0.05, 0.1) is 0 Å². The number of aryl methyl sites for hydroxylation is 1. The first-order valence-corrected chi connectivity index (χ1v) is 5.54. The first kappa shape index (κ1) is 9.73. The van der Waals surface area contributed by atoms with Crippen molar-refractivity contribution < 1.29 is 0 Å². The van der Waals surface area contributed by atoms with Crippen LogP contribution in [0.4, 0.5) is 0 Å². The highest BCUT2D eigenvalue weighted by molar-refractivity contribution is 7.27. The first-order valence-electron chi connectivity index (χ1n) is 4.96. The molecule has 0 bridgehead atoms. The maximum absolute atomic E-state index is 2.74. The van der Waals surface area contributed by atoms with Gasteiger partial charge in [-0.1, -0.05) is 6.07 Å². The smallest absolute Gasteiger partial charge is 0.0485 e. The van der Waals surface area contributed by atoms with Crippen molar-refractivity contribution >= 4 is 25.4 Å². The third-order valence-electron chi connectivity index (χ3n) is 2.57. The van der Waals surface area contributed by atoms with Gasteiger partial charge >= 0.3 is 0 Å². The van der Waals surface area contributed by atoms with Gasteiger partial charge in [0.2, 0.25) is 0 Å². The molecule has 0 spiro atoms. The van der Waals surface area contributed by atoms with Crippen LogP contribution in [0.25, 0.3) is 10.9 Å². The summed E-state index contributed by atoms with van der Waals surface area (Å²) in [7, 11) is 2.74. The Bertz CT molecular complexity index is 468. The predicted octanol–water partition coefficient (Wildman–Crippen LogP) is 3.03. The summed E-state index contributed by atoms with van der Waals surface area (Å²) in [6.45, 7) is 6.62. The summed E-state index contributed by atoms with van der Waals surface area (Å²) < 4.78 is 2.37. The van der Waals surface area contributed by atoms with Crippen LogP contribution in [0.15, 0.2) is 24.3 Å². The Labute approximate surface area is 87.3 Å². The molecule has 2 aromatic rings. The molecule has 2 rings (SSSR count). The second-order valence-corrected chi connectivity index (χ2v) is 4.73. The quantitative estimate of drug-likeness (QED) is 0.631. The van der Waals surface area contributed by atoms with Gasteiger partial charge in [-0.3, -0.25) is 0 Å². The van der Waals surface area contributed by atoms with Crippen LogP contribution in [0.1, 0.15) is 25.6 Å². The Balaban J connectivity index is 2.77. The van der Waals surface area contributed by atoms with E-state index in [0.717, 1.165) is 0 Å². The molecule has 1 nitrogen and oxygen atoms in total. The SMILES string of the molecule is Cc1cc2cc(P)ccc2n1C(C)C. The lowest BCUT2D eigenvalue weighted by Crippen LogP contribution is -2.02. The minimum absolute atomic E-state index is 0.530. The summed E-state index contributed by atoms with van der Waals surface area (Å²) in [6, 6.07) is 9.34. The summed E-state index contributed by atoms with van der Waals surface area (Å²) in [5, 5.41) is 2.59. The van der Waals surface area contributed by atoms with Crippen molar-refractivity contribution in [2.75, 3.05) is 0 Å². The lowest BCUT2D eigenvalue weighted by molar-refractivity contribution is 0.608. The van der Waals surface area contributed by atoms with E-state index in [0.29, 0.717) is 6.04 Å². The predicted molar refractivity (Wildman–Crippen MR) is 66.4 cm³/mol. The molecule has 0 saturated heterocycles. The highest BCUT2D eigenvalue weighted by atomic mass is 31.0. The van der Waals surface area contributed by atoms with Crippen LogP contribution in [0.5, 0.6) is 0 Å². The van der Waals surface area contributed by atoms with Crippen molar-refractivity contribution in [2.45, 2.75) is 26.8 Å². The van der Waals surface area contributed by atoms with Crippen LogP contribution in [0.3, 0.4) is 0 Å². The Morgan fingerprint density at radius 1 is 1.21 bits per heavy atom. The average Bonchev–Trinajstić information content (AvgIpc) is 2.39. The van der Waals surface area contributed by atoms with Crippen LogP contribution >= 0.6 is 9.24 Å². The van der Waals surface area contributed by atoms with Crippen molar-refractivity contribution in [3.05, 3.63) is 30.0 Å². The zero-order valence-corrected chi connectivity index (χ0v) is 10.1. The van der Waals surface area contributed by atoms with Crippen molar-refractivity contribution in [2.24, 2.45) is 0 Å². The number of rotatable bonds is 1. The number of hydrogen-bond donors (Lipinski definition) is 0. The molecule has 0 aliphatic carbocycles. The number of nitrogens with zero attached hydrogens (tertiary/aromatic N) is 1. The maximum Gasteiger partial charge on any atom is 0.0485 e. The fraction of sp³-hybridized carbons (Fsp3) is 0.333. The van der Waals surface area contributed by atoms with Crippen LogP contribution in [-0.2, 0) is 0 Å². The topological polar surface area (TPSA) is 4.93 Å². The van der Waals surface area contributed by atoms with E-state index in [4.69, 9.17) is 0 Å². The van der Waals surface area contributed by atoms with Gasteiger partial charge in [0.1, 0.15) is 0 Å². The molecule has 0 saturated carbocycles. The summed E-state index contributed by atoms with van der Waals surface area (Å²) in [6.07, 6.45) is 0. The van der Waals surface area contributed by atoms with E-state index in [1.54, 1.807) is 0 Å². The molecule has 1 heterocycles. The highest BCUT2D eigenvalue weighted by Crippen LogP contribution is 2.22. The second kappa shape index (κ2) is 3.40. The lowest BCUT2D eigenvalue weighted by Gasteiger charge is -2.12. The minimum Gasteiger partial charge on any atom is -0.342 e. The molecule has 2 heteroatoms. The Morgan fingerprint density at radius 3 is 2.57 bits per heavy atom. The first-order chi connectivity index (χ1) is 6.59. The molecule has 0 aliphatic rings. The molecule has 0 radical (unpaired) electrons.